The normalized spacial score (nSPS) is 17.5. The molecule has 2 saturated heterocycles. The summed E-state index contributed by atoms with van der Waals surface area (Å²) in [5.74, 6) is -1.24. The number of benzene rings is 1. The van der Waals surface area contributed by atoms with Crippen LogP contribution in [0.25, 0.3) is 16.9 Å². The third-order valence-electron chi connectivity index (χ3n) is 8.78. The Morgan fingerprint density at radius 2 is 1.85 bits per heavy atom. The maximum absolute atomic E-state index is 13.6. The molecule has 0 spiro atoms. The lowest BCUT2D eigenvalue weighted by molar-refractivity contribution is -0.0646. The molecule has 0 atom stereocenters. The number of methoxy groups -OCH3 is 1. The van der Waals surface area contributed by atoms with E-state index in [1.165, 1.54) is 21.6 Å². The van der Waals surface area contributed by atoms with E-state index in [1.807, 2.05) is 32.0 Å². The average molecular weight is 636 g/mol. The number of fused-ring (bicyclic) bond motifs is 1. The van der Waals surface area contributed by atoms with Gasteiger partial charge in [0.05, 0.1) is 25.4 Å². The maximum atomic E-state index is 13.6. The Morgan fingerprint density at radius 1 is 1.11 bits per heavy atom. The number of likely N-dealkylation sites (tertiary alicyclic amines) is 1. The van der Waals surface area contributed by atoms with E-state index in [0.29, 0.717) is 47.4 Å². The number of rotatable bonds is 9. The van der Waals surface area contributed by atoms with Crippen molar-refractivity contribution in [1.29, 1.82) is 0 Å². The Labute approximate surface area is 264 Å². The van der Waals surface area contributed by atoms with Crippen LogP contribution in [0.3, 0.4) is 0 Å². The van der Waals surface area contributed by atoms with Crippen LogP contribution in [0.2, 0.25) is 0 Å². The molecule has 6 rings (SSSR count). The molecule has 12 nitrogen and oxygen atoms in total. The molecule has 1 N–H and O–H groups in total. The van der Waals surface area contributed by atoms with Crippen LogP contribution in [-0.4, -0.2) is 79.3 Å². The number of ether oxygens (including phenoxy) is 1. The van der Waals surface area contributed by atoms with Crippen LogP contribution in [0.4, 0.5) is 26.1 Å². The van der Waals surface area contributed by atoms with Crippen LogP contribution < -0.4 is 26.1 Å². The fraction of sp³-hybridized carbons (Fsp3) is 0.469. The number of allylic oxidation sites excluding steroid dienone is 1. The molecule has 0 aliphatic carbocycles. The molecule has 0 unspecified atom stereocenters. The van der Waals surface area contributed by atoms with Gasteiger partial charge in [0.25, 0.3) is 17.0 Å². The molecule has 5 heterocycles. The highest BCUT2D eigenvalue weighted by molar-refractivity contribution is 5.77. The third kappa shape index (κ3) is 6.13. The van der Waals surface area contributed by atoms with Crippen molar-refractivity contribution in [3.05, 3.63) is 69.9 Å². The summed E-state index contributed by atoms with van der Waals surface area (Å²) in [6.45, 7) is 10.2. The van der Waals surface area contributed by atoms with Gasteiger partial charge in [0.2, 0.25) is 5.95 Å². The van der Waals surface area contributed by atoms with E-state index in [9.17, 15) is 18.4 Å². The molecule has 4 aromatic rings. The van der Waals surface area contributed by atoms with Crippen LogP contribution in [0.1, 0.15) is 45.6 Å². The van der Waals surface area contributed by atoms with Gasteiger partial charge in [-0.05, 0) is 44.9 Å². The quantitative estimate of drug-likeness (QED) is 0.268. The second-order valence-electron chi connectivity index (χ2n) is 12.1. The first kappa shape index (κ1) is 31.4. The van der Waals surface area contributed by atoms with Gasteiger partial charge in [-0.25, -0.2) is 27.8 Å². The summed E-state index contributed by atoms with van der Waals surface area (Å²) in [5, 5.41) is 8.04. The zero-order chi connectivity index (χ0) is 32.6. The van der Waals surface area contributed by atoms with Crippen molar-refractivity contribution in [2.24, 2.45) is 0 Å². The number of halogens is 2. The van der Waals surface area contributed by atoms with Gasteiger partial charge in [0.1, 0.15) is 11.1 Å². The molecule has 0 bridgehead atoms. The molecule has 0 saturated carbocycles. The van der Waals surface area contributed by atoms with Crippen LogP contribution in [0.5, 0.6) is 5.75 Å². The maximum Gasteiger partial charge on any atom is 0.278 e. The molecule has 14 heteroatoms. The number of hydrogen-bond acceptors (Lipinski definition) is 9. The molecule has 46 heavy (non-hydrogen) atoms. The Morgan fingerprint density at radius 3 is 2.52 bits per heavy atom. The van der Waals surface area contributed by atoms with Gasteiger partial charge < -0.3 is 15.0 Å². The van der Waals surface area contributed by atoms with Crippen LogP contribution in [-0.2, 0) is 6.54 Å². The third-order valence-corrected chi connectivity index (χ3v) is 8.78. The second-order valence-corrected chi connectivity index (χ2v) is 12.1. The molecular formula is C32H39F2N9O3. The fourth-order valence-corrected chi connectivity index (χ4v) is 6.34. The van der Waals surface area contributed by atoms with Gasteiger partial charge in [-0.3, -0.25) is 14.5 Å². The number of nitrogens with zero attached hydrogens (tertiary/aromatic N) is 8. The van der Waals surface area contributed by atoms with Crippen molar-refractivity contribution < 1.29 is 13.5 Å². The van der Waals surface area contributed by atoms with E-state index in [0.717, 1.165) is 31.6 Å². The number of piperidine rings is 2. The molecular weight excluding hydrogens is 596 g/mol. The van der Waals surface area contributed by atoms with E-state index < -0.39 is 5.92 Å². The smallest absolute Gasteiger partial charge is 0.278 e. The van der Waals surface area contributed by atoms with Gasteiger partial charge in [0, 0.05) is 69.1 Å². The minimum Gasteiger partial charge on any atom is -0.495 e. The van der Waals surface area contributed by atoms with E-state index >= 15 is 0 Å². The summed E-state index contributed by atoms with van der Waals surface area (Å²) in [4.78, 5) is 39.3. The van der Waals surface area contributed by atoms with Crippen LogP contribution in [0.15, 0.2) is 58.8 Å². The number of hydrogen-bond donors (Lipinski definition) is 1. The number of anilines is 3. The SMILES string of the molecule is C=CCn1c(=O)c2cnc(Nc3ccc(N4CCC(N5CCC(F)(F)CC5)CC4)c(OC)c3)nc2n1-c1ccc(=O)n(C(C)C)n1. The van der Waals surface area contributed by atoms with E-state index in [2.05, 4.69) is 31.8 Å². The Bertz CT molecular complexity index is 1850. The largest absolute Gasteiger partial charge is 0.495 e. The van der Waals surface area contributed by atoms with E-state index in [1.54, 1.807) is 23.9 Å². The summed E-state index contributed by atoms with van der Waals surface area (Å²) < 4.78 is 37.4. The predicted octanol–water partition coefficient (Wildman–Crippen LogP) is 4.36. The van der Waals surface area contributed by atoms with Crippen molar-refractivity contribution in [2.75, 3.05) is 43.5 Å². The molecule has 1 aromatic carbocycles. The van der Waals surface area contributed by atoms with Crippen molar-refractivity contribution in [1.82, 2.24) is 34.0 Å². The highest BCUT2D eigenvalue weighted by Crippen LogP contribution is 2.36. The Hall–Kier alpha value is -4.59. The monoisotopic (exact) mass is 635 g/mol. The van der Waals surface area contributed by atoms with Crippen LogP contribution in [0, 0.1) is 0 Å². The van der Waals surface area contributed by atoms with E-state index in [-0.39, 0.29) is 42.5 Å². The summed E-state index contributed by atoms with van der Waals surface area (Å²) in [6, 6.07) is 8.88. The summed E-state index contributed by atoms with van der Waals surface area (Å²) in [7, 11) is 1.62. The average Bonchev–Trinajstić information content (AvgIpc) is 3.31. The van der Waals surface area contributed by atoms with E-state index in [4.69, 9.17) is 9.72 Å². The Kier molecular flexibility index (Phi) is 8.64. The number of nitrogens with one attached hydrogen (secondary N) is 1. The lowest BCUT2D eigenvalue weighted by Crippen LogP contribution is -2.49. The van der Waals surface area contributed by atoms with Gasteiger partial charge in [-0.2, -0.15) is 4.98 Å². The minimum absolute atomic E-state index is 0.0611. The number of aromatic nitrogens is 6. The summed E-state index contributed by atoms with van der Waals surface area (Å²) in [6.07, 6.45) is 4.76. The molecule has 2 aliphatic rings. The first-order valence-corrected chi connectivity index (χ1v) is 15.6. The van der Waals surface area contributed by atoms with Gasteiger partial charge >= 0.3 is 0 Å². The highest BCUT2D eigenvalue weighted by Gasteiger charge is 2.37. The fourth-order valence-electron chi connectivity index (χ4n) is 6.34. The molecule has 0 radical (unpaired) electrons. The topological polar surface area (TPSA) is 115 Å². The highest BCUT2D eigenvalue weighted by atomic mass is 19.3. The van der Waals surface area contributed by atoms with Crippen molar-refractivity contribution in [3.8, 4) is 11.6 Å². The molecule has 2 aliphatic heterocycles. The zero-order valence-electron chi connectivity index (χ0n) is 26.3. The molecule has 0 amide bonds. The lowest BCUT2D eigenvalue weighted by atomic mass is 9.98. The van der Waals surface area contributed by atoms with Gasteiger partial charge in [-0.15, -0.1) is 11.7 Å². The lowest BCUT2D eigenvalue weighted by Gasteiger charge is -2.42. The van der Waals surface area contributed by atoms with Gasteiger partial charge in [-0.1, -0.05) is 6.08 Å². The summed E-state index contributed by atoms with van der Waals surface area (Å²) in [5.41, 5.74) is 1.42. The first-order valence-electron chi connectivity index (χ1n) is 15.6. The zero-order valence-corrected chi connectivity index (χ0v) is 26.3. The standard InChI is InChI=1S/C32H39F2N9O3/c1-5-14-41-30(45)24-20-35-31(37-29(24)43(41)27-8-9-28(44)42(38-27)21(2)3)36-22-6-7-25(26(19-22)46-4)40-15-10-23(11-16-40)39-17-12-32(33,34)13-18-39/h5-9,19-21,23H,1,10-18H2,2-4H3,(H,35,36,37). The molecule has 2 fully saturated rings. The van der Waals surface area contributed by atoms with Crippen molar-refractivity contribution in [3.63, 3.8) is 0 Å². The van der Waals surface area contributed by atoms with Crippen molar-refractivity contribution >= 4 is 28.4 Å². The molecule has 244 valence electrons. The van der Waals surface area contributed by atoms with Crippen molar-refractivity contribution in [2.45, 2.75) is 64.1 Å². The predicted molar refractivity (Wildman–Crippen MR) is 173 cm³/mol. The Balaban J connectivity index is 1.24. The minimum atomic E-state index is -2.54. The second kappa shape index (κ2) is 12.7. The van der Waals surface area contributed by atoms with Gasteiger partial charge in [0.15, 0.2) is 11.5 Å². The van der Waals surface area contributed by atoms with Crippen LogP contribution >= 0.6 is 0 Å². The molecule has 3 aromatic heterocycles. The number of alkyl halides is 2. The summed E-state index contributed by atoms with van der Waals surface area (Å²) >= 11 is 0. The first-order chi connectivity index (χ1) is 22.1.